The molecule has 0 atom stereocenters. The highest BCUT2D eigenvalue weighted by atomic mass is 35.5. The van der Waals surface area contributed by atoms with Gasteiger partial charge >= 0.3 is 5.97 Å². The van der Waals surface area contributed by atoms with Crippen molar-refractivity contribution in [2.45, 2.75) is 6.42 Å². The second kappa shape index (κ2) is 10.4. The highest BCUT2D eigenvalue weighted by molar-refractivity contribution is 8.76. The third-order valence-electron chi connectivity index (χ3n) is 0.684. The molecule has 11 heavy (non-hydrogen) atoms. The first-order chi connectivity index (χ1) is 4.77. The molecule has 0 aliphatic rings. The van der Waals surface area contributed by atoms with Crippen molar-refractivity contribution in [3.05, 3.63) is 0 Å². The Morgan fingerprint density at radius 1 is 1.36 bits per heavy atom. The van der Waals surface area contributed by atoms with Crippen LogP contribution in [0.3, 0.4) is 0 Å². The zero-order valence-electron chi connectivity index (χ0n) is 5.99. The monoisotopic (exact) mass is 217 g/mol. The van der Waals surface area contributed by atoms with Crippen LogP contribution in [0.2, 0.25) is 0 Å². The summed E-state index contributed by atoms with van der Waals surface area (Å²) < 4.78 is 0. The number of carboxylic acid groups (broad SMARTS) is 1. The van der Waals surface area contributed by atoms with Crippen LogP contribution in [0.5, 0.6) is 0 Å². The van der Waals surface area contributed by atoms with E-state index in [9.17, 15) is 4.79 Å². The van der Waals surface area contributed by atoms with Crippen molar-refractivity contribution in [2.75, 3.05) is 18.1 Å². The molecular formula is C5H12ClNO2S2. The Kier molecular flexibility index (Phi) is 13.2. The first kappa shape index (κ1) is 14.0. The first-order valence-corrected chi connectivity index (χ1v) is 5.42. The Bertz CT molecular complexity index is 104. The van der Waals surface area contributed by atoms with Gasteiger partial charge in [-0.3, -0.25) is 4.79 Å². The van der Waals surface area contributed by atoms with E-state index in [2.05, 4.69) is 0 Å². The van der Waals surface area contributed by atoms with Crippen LogP contribution in [-0.4, -0.2) is 29.1 Å². The molecule has 0 unspecified atom stereocenters. The minimum absolute atomic E-state index is 0. The molecule has 0 saturated carbocycles. The molecule has 3 N–H and O–H groups in total. The van der Waals surface area contributed by atoms with E-state index in [0.717, 1.165) is 5.75 Å². The van der Waals surface area contributed by atoms with E-state index in [1.54, 1.807) is 21.6 Å². The molecule has 3 nitrogen and oxygen atoms in total. The van der Waals surface area contributed by atoms with E-state index in [1.807, 2.05) is 0 Å². The van der Waals surface area contributed by atoms with E-state index in [0.29, 0.717) is 12.3 Å². The summed E-state index contributed by atoms with van der Waals surface area (Å²) in [6.45, 7) is 0.657. The molecule has 68 valence electrons. The summed E-state index contributed by atoms with van der Waals surface area (Å²) in [5, 5.41) is 8.22. The third-order valence-corrected chi connectivity index (χ3v) is 3.12. The van der Waals surface area contributed by atoms with Crippen molar-refractivity contribution in [2.24, 2.45) is 5.73 Å². The second-order valence-electron chi connectivity index (χ2n) is 1.58. The molecule has 0 radical (unpaired) electrons. The summed E-state index contributed by atoms with van der Waals surface area (Å²) in [5.41, 5.74) is 5.22. The van der Waals surface area contributed by atoms with Gasteiger partial charge in [0.2, 0.25) is 0 Å². The lowest BCUT2D eigenvalue weighted by atomic mass is 10.5. The fourth-order valence-corrected chi connectivity index (χ4v) is 2.13. The van der Waals surface area contributed by atoms with Crippen LogP contribution in [0, 0.1) is 0 Å². The highest BCUT2D eigenvalue weighted by Crippen LogP contribution is 2.20. The molecule has 0 spiro atoms. The fraction of sp³-hybridized carbons (Fsp3) is 0.800. The van der Waals surface area contributed by atoms with Gasteiger partial charge in [0.25, 0.3) is 0 Å². The minimum atomic E-state index is -0.735. The van der Waals surface area contributed by atoms with E-state index < -0.39 is 5.97 Å². The zero-order valence-corrected chi connectivity index (χ0v) is 8.44. The van der Waals surface area contributed by atoms with Gasteiger partial charge in [0.05, 0.1) is 6.42 Å². The summed E-state index contributed by atoms with van der Waals surface area (Å²) in [5.74, 6) is 0.824. The van der Waals surface area contributed by atoms with E-state index in [1.165, 1.54) is 0 Å². The summed E-state index contributed by atoms with van der Waals surface area (Å²) in [6.07, 6.45) is 0.238. The smallest absolute Gasteiger partial charge is 0.304 e. The molecule has 0 bridgehead atoms. The van der Waals surface area contributed by atoms with Gasteiger partial charge in [0.15, 0.2) is 0 Å². The van der Waals surface area contributed by atoms with Gasteiger partial charge in [0, 0.05) is 18.1 Å². The van der Waals surface area contributed by atoms with Crippen molar-refractivity contribution in [1.82, 2.24) is 0 Å². The van der Waals surface area contributed by atoms with Gasteiger partial charge in [-0.2, -0.15) is 0 Å². The molecule has 6 heteroatoms. The van der Waals surface area contributed by atoms with Crippen LogP contribution >= 0.6 is 34.0 Å². The van der Waals surface area contributed by atoms with Gasteiger partial charge in [0.1, 0.15) is 0 Å². The molecule has 0 aliphatic heterocycles. The number of hydrogen-bond acceptors (Lipinski definition) is 4. The number of halogens is 1. The Morgan fingerprint density at radius 2 is 1.91 bits per heavy atom. The lowest BCUT2D eigenvalue weighted by Crippen LogP contribution is -2.00. The van der Waals surface area contributed by atoms with Gasteiger partial charge in [-0.05, 0) is 0 Å². The summed E-state index contributed by atoms with van der Waals surface area (Å²) in [4.78, 5) is 9.98. The zero-order chi connectivity index (χ0) is 7.82. The second-order valence-corrected chi connectivity index (χ2v) is 4.28. The van der Waals surface area contributed by atoms with Crippen molar-refractivity contribution in [3.8, 4) is 0 Å². The maximum Gasteiger partial charge on any atom is 0.304 e. The van der Waals surface area contributed by atoms with Gasteiger partial charge in [-0.1, -0.05) is 21.6 Å². The average Bonchev–Trinajstić information content (AvgIpc) is 1.87. The van der Waals surface area contributed by atoms with Gasteiger partial charge in [-0.15, -0.1) is 12.4 Å². The average molecular weight is 218 g/mol. The number of hydrogen-bond donors (Lipinski definition) is 2. The SMILES string of the molecule is Cl.NCCSSCCC(=O)O. The van der Waals surface area contributed by atoms with Gasteiger partial charge < -0.3 is 10.8 Å². The normalized spacial score (nSPS) is 8.82. The predicted octanol–water partition coefficient (Wildman–Crippen LogP) is 1.22. The van der Waals surface area contributed by atoms with Crippen LogP contribution in [0.15, 0.2) is 0 Å². The predicted molar refractivity (Wildman–Crippen MR) is 53.5 cm³/mol. The summed E-state index contributed by atoms with van der Waals surface area (Å²) in [7, 11) is 3.19. The number of carboxylic acids is 1. The van der Waals surface area contributed by atoms with Crippen molar-refractivity contribution in [1.29, 1.82) is 0 Å². The molecule has 0 rings (SSSR count). The molecular weight excluding hydrogens is 206 g/mol. The Balaban J connectivity index is 0. The maximum atomic E-state index is 9.98. The maximum absolute atomic E-state index is 9.98. The topological polar surface area (TPSA) is 63.3 Å². The van der Waals surface area contributed by atoms with Crippen molar-refractivity contribution >= 4 is 40.0 Å². The number of aliphatic carboxylic acids is 1. The Morgan fingerprint density at radius 3 is 2.36 bits per heavy atom. The van der Waals surface area contributed by atoms with Gasteiger partial charge in [-0.25, -0.2) is 0 Å². The van der Waals surface area contributed by atoms with E-state index in [4.69, 9.17) is 10.8 Å². The Hall–Kier alpha value is 0.420. The molecule has 0 aliphatic carbocycles. The lowest BCUT2D eigenvalue weighted by Gasteiger charge is -1.95. The number of carbonyl (C=O) groups is 1. The highest BCUT2D eigenvalue weighted by Gasteiger charge is 1.95. The Labute approximate surface area is 80.3 Å². The molecule has 0 saturated heterocycles. The van der Waals surface area contributed by atoms with Crippen LogP contribution in [0.25, 0.3) is 0 Å². The minimum Gasteiger partial charge on any atom is -0.481 e. The molecule has 0 heterocycles. The largest absolute Gasteiger partial charge is 0.481 e. The number of nitrogens with two attached hydrogens (primary N) is 1. The molecule has 0 amide bonds. The van der Waals surface area contributed by atoms with E-state index >= 15 is 0 Å². The summed E-state index contributed by atoms with van der Waals surface area (Å²) in [6, 6.07) is 0. The summed E-state index contributed by atoms with van der Waals surface area (Å²) >= 11 is 0. The third kappa shape index (κ3) is 13.4. The standard InChI is InChI=1S/C5H11NO2S2.ClH/c6-2-4-10-9-3-1-5(7)8;/h1-4,6H2,(H,7,8);1H. The number of rotatable bonds is 6. The van der Waals surface area contributed by atoms with Crippen LogP contribution in [0.4, 0.5) is 0 Å². The van der Waals surface area contributed by atoms with Crippen LogP contribution in [0.1, 0.15) is 6.42 Å². The molecule has 0 aromatic rings. The van der Waals surface area contributed by atoms with Crippen molar-refractivity contribution in [3.63, 3.8) is 0 Å². The van der Waals surface area contributed by atoms with E-state index in [-0.39, 0.29) is 18.8 Å². The quantitative estimate of drug-likeness (QED) is 0.518. The molecule has 0 aromatic heterocycles. The lowest BCUT2D eigenvalue weighted by molar-refractivity contribution is -0.136. The van der Waals surface area contributed by atoms with Crippen molar-refractivity contribution < 1.29 is 9.90 Å². The molecule has 0 aromatic carbocycles. The fourth-order valence-electron chi connectivity index (χ4n) is 0.295. The van der Waals surface area contributed by atoms with Crippen LogP contribution < -0.4 is 5.73 Å². The first-order valence-electron chi connectivity index (χ1n) is 2.93. The van der Waals surface area contributed by atoms with Crippen LogP contribution in [-0.2, 0) is 4.79 Å². The molecule has 0 fully saturated rings.